The number of nitrogens with one attached hydrogen (secondary N) is 1. The molecule has 0 saturated carbocycles. The highest BCUT2D eigenvalue weighted by molar-refractivity contribution is 7.16. The first-order valence-corrected chi connectivity index (χ1v) is 6.40. The Hall–Kier alpha value is -1.46. The zero-order valence-corrected chi connectivity index (χ0v) is 10.00. The molecule has 1 fully saturated rings. The molecular weight excluding hydrogens is 236 g/mol. The van der Waals surface area contributed by atoms with Crippen molar-refractivity contribution in [2.24, 2.45) is 5.92 Å². The molecule has 1 aliphatic rings. The van der Waals surface area contributed by atoms with Gasteiger partial charge < -0.3 is 10.1 Å². The van der Waals surface area contributed by atoms with Crippen LogP contribution in [0.5, 0.6) is 0 Å². The van der Waals surface area contributed by atoms with Gasteiger partial charge in [-0.3, -0.25) is 4.79 Å². The van der Waals surface area contributed by atoms with Crippen LogP contribution in [0.15, 0.2) is 23.7 Å². The van der Waals surface area contributed by atoms with E-state index >= 15 is 0 Å². The summed E-state index contributed by atoms with van der Waals surface area (Å²) >= 11 is 1.58. The zero-order valence-electron chi connectivity index (χ0n) is 9.18. The number of thiazole rings is 1. The van der Waals surface area contributed by atoms with E-state index in [1.54, 1.807) is 11.3 Å². The highest BCUT2D eigenvalue weighted by Gasteiger charge is 2.21. The van der Waals surface area contributed by atoms with E-state index in [-0.39, 0.29) is 5.91 Å². The fourth-order valence-electron chi connectivity index (χ4n) is 1.81. The van der Waals surface area contributed by atoms with Gasteiger partial charge in [-0.25, -0.2) is 4.98 Å². The van der Waals surface area contributed by atoms with Gasteiger partial charge in [0.05, 0.1) is 28.9 Å². The van der Waals surface area contributed by atoms with Gasteiger partial charge in [0.1, 0.15) is 0 Å². The summed E-state index contributed by atoms with van der Waals surface area (Å²) in [4.78, 5) is 15.9. The number of benzene rings is 1. The maximum Gasteiger partial charge on any atom is 0.224 e. The summed E-state index contributed by atoms with van der Waals surface area (Å²) in [6.45, 7) is 1.42. The average Bonchev–Trinajstić information content (AvgIpc) is 2.71. The van der Waals surface area contributed by atoms with Gasteiger partial charge in [-0.05, 0) is 18.2 Å². The lowest BCUT2D eigenvalue weighted by Crippen LogP contribution is -2.31. The van der Waals surface area contributed by atoms with E-state index in [4.69, 9.17) is 4.74 Å². The second-order valence-electron chi connectivity index (χ2n) is 4.19. The molecule has 1 aromatic carbocycles. The molecule has 17 heavy (non-hydrogen) atoms. The number of aromatic nitrogens is 1. The first-order valence-electron chi connectivity index (χ1n) is 5.52. The van der Waals surface area contributed by atoms with Gasteiger partial charge in [-0.2, -0.15) is 0 Å². The van der Waals surface area contributed by atoms with Gasteiger partial charge in [0, 0.05) is 18.0 Å². The van der Waals surface area contributed by atoms with Crippen molar-refractivity contribution in [3.8, 4) is 0 Å². The fourth-order valence-corrected chi connectivity index (χ4v) is 2.53. The highest BCUT2D eigenvalue weighted by Crippen LogP contribution is 2.22. The van der Waals surface area contributed by atoms with Crippen LogP contribution in [0, 0.1) is 5.92 Å². The quantitative estimate of drug-likeness (QED) is 0.906. The second kappa shape index (κ2) is 4.43. The van der Waals surface area contributed by atoms with Crippen LogP contribution in [-0.2, 0) is 9.53 Å². The largest absolute Gasteiger partial charge is 0.381 e. The summed E-state index contributed by atoms with van der Waals surface area (Å²) in [5.41, 5.74) is 3.62. The summed E-state index contributed by atoms with van der Waals surface area (Å²) in [5, 5.41) is 2.91. The number of carbonyl (C=O) groups excluding carboxylic acids is 1. The molecule has 4 nitrogen and oxygen atoms in total. The molecule has 2 aromatic rings. The maximum atomic E-state index is 11.7. The molecule has 0 unspecified atom stereocenters. The number of nitrogens with zero attached hydrogens (tertiary/aromatic N) is 1. The van der Waals surface area contributed by atoms with E-state index in [9.17, 15) is 4.79 Å². The van der Waals surface area contributed by atoms with Crippen LogP contribution in [0.1, 0.15) is 6.42 Å². The molecule has 1 aromatic heterocycles. The van der Waals surface area contributed by atoms with Crippen LogP contribution in [0.4, 0.5) is 5.69 Å². The van der Waals surface area contributed by atoms with Gasteiger partial charge in [0.25, 0.3) is 0 Å². The van der Waals surface area contributed by atoms with E-state index in [2.05, 4.69) is 10.3 Å². The molecule has 1 saturated heterocycles. The number of amides is 1. The van der Waals surface area contributed by atoms with Crippen molar-refractivity contribution in [2.75, 3.05) is 18.5 Å². The Bertz CT molecular complexity index is 548. The lowest BCUT2D eigenvalue weighted by atomic mass is 10.0. The molecule has 1 amide bonds. The monoisotopic (exact) mass is 248 g/mol. The van der Waals surface area contributed by atoms with Crippen LogP contribution in [0.25, 0.3) is 10.2 Å². The van der Waals surface area contributed by atoms with Crippen molar-refractivity contribution in [3.63, 3.8) is 0 Å². The van der Waals surface area contributed by atoms with E-state index < -0.39 is 0 Å². The Morgan fingerprint density at radius 1 is 1.53 bits per heavy atom. The Balaban J connectivity index is 1.68. The molecule has 88 valence electrons. The lowest BCUT2D eigenvalue weighted by Gasteiger charge is -2.25. The number of hydrogen-bond donors (Lipinski definition) is 1. The van der Waals surface area contributed by atoms with E-state index in [1.807, 2.05) is 23.7 Å². The predicted octanol–water partition coefficient (Wildman–Crippen LogP) is 2.27. The third kappa shape index (κ3) is 2.30. The fraction of sp³-hybridized carbons (Fsp3) is 0.333. The third-order valence-electron chi connectivity index (χ3n) is 2.80. The van der Waals surface area contributed by atoms with Crippen molar-refractivity contribution in [1.29, 1.82) is 0 Å². The molecule has 5 heteroatoms. The van der Waals surface area contributed by atoms with Crippen LogP contribution < -0.4 is 5.32 Å². The van der Waals surface area contributed by atoms with E-state index in [0.29, 0.717) is 25.6 Å². The minimum atomic E-state index is 0.0576. The standard InChI is InChI=1S/C12H12N2O2S/c15-12(3-8-5-16-6-8)14-9-1-2-10-11(4-9)17-7-13-10/h1-2,4,7-8H,3,5-6H2,(H,14,15). The van der Waals surface area contributed by atoms with Crippen molar-refractivity contribution < 1.29 is 9.53 Å². The maximum absolute atomic E-state index is 11.7. The Labute approximate surface area is 103 Å². The summed E-state index contributed by atoms with van der Waals surface area (Å²) in [6.07, 6.45) is 0.542. The smallest absolute Gasteiger partial charge is 0.224 e. The summed E-state index contributed by atoms with van der Waals surface area (Å²) in [5.74, 6) is 0.448. The van der Waals surface area contributed by atoms with Gasteiger partial charge in [0.15, 0.2) is 0 Å². The van der Waals surface area contributed by atoms with Gasteiger partial charge in [-0.1, -0.05) is 0 Å². The van der Waals surface area contributed by atoms with Gasteiger partial charge >= 0.3 is 0 Å². The Morgan fingerprint density at radius 3 is 3.18 bits per heavy atom. The minimum Gasteiger partial charge on any atom is -0.381 e. The van der Waals surface area contributed by atoms with Gasteiger partial charge in [0.2, 0.25) is 5.91 Å². The number of anilines is 1. The SMILES string of the molecule is O=C(CC1COC1)Nc1ccc2ncsc2c1. The highest BCUT2D eigenvalue weighted by atomic mass is 32.1. The number of fused-ring (bicyclic) bond motifs is 1. The van der Waals surface area contributed by atoms with Gasteiger partial charge in [-0.15, -0.1) is 11.3 Å². The Morgan fingerprint density at radius 2 is 2.41 bits per heavy atom. The lowest BCUT2D eigenvalue weighted by molar-refractivity contribution is -0.121. The normalized spacial score (nSPS) is 15.8. The van der Waals surface area contributed by atoms with Crippen LogP contribution >= 0.6 is 11.3 Å². The molecule has 0 atom stereocenters. The van der Waals surface area contributed by atoms with Crippen molar-refractivity contribution >= 4 is 33.1 Å². The van der Waals surface area contributed by atoms with Crippen LogP contribution in [0.2, 0.25) is 0 Å². The molecule has 1 N–H and O–H groups in total. The molecule has 0 spiro atoms. The number of hydrogen-bond acceptors (Lipinski definition) is 4. The first-order chi connectivity index (χ1) is 8.31. The average molecular weight is 248 g/mol. The molecule has 0 aliphatic carbocycles. The number of ether oxygens (including phenoxy) is 1. The number of rotatable bonds is 3. The number of carbonyl (C=O) groups is 1. The van der Waals surface area contributed by atoms with Crippen molar-refractivity contribution in [1.82, 2.24) is 4.98 Å². The Kier molecular flexibility index (Phi) is 2.78. The molecule has 2 heterocycles. The van der Waals surface area contributed by atoms with E-state index in [1.165, 1.54) is 0 Å². The van der Waals surface area contributed by atoms with Crippen molar-refractivity contribution in [3.05, 3.63) is 23.7 Å². The van der Waals surface area contributed by atoms with Crippen molar-refractivity contribution in [2.45, 2.75) is 6.42 Å². The molecule has 0 radical (unpaired) electrons. The summed E-state index contributed by atoms with van der Waals surface area (Å²) in [7, 11) is 0. The predicted molar refractivity (Wildman–Crippen MR) is 67.2 cm³/mol. The first kappa shape index (κ1) is 10.7. The molecule has 1 aliphatic heterocycles. The van der Waals surface area contributed by atoms with E-state index in [0.717, 1.165) is 15.9 Å². The zero-order chi connectivity index (χ0) is 11.7. The topological polar surface area (TPSA) is 51.2 Å². The third-order valence-corrected chi connectivity index (χ3v) is 3.59. The van der Waals surface area contributed by atoms with Crippen LogP contribution in [-0.4, -0.2) is 24.1 Å². The van der Waals surface area contributed by atoms with Crippen LogP contribution in [0.3, 0.4) is 0 Å². The second-order valence-corrected chi connectivity index (χ2v) is 5.08. The summed E-state index contributed by atoms with van der Waals surface area (Å²) < 4.78 is 6.14. The summed E-state index contributed by atoms with van der Waals surface area (Å²) in [6, 6.07) is 5.77. The molecule has 3 rings (SSSR count). The molecule has 0 bridgehead atoms. The molecular formula is C12H12N2O2S. The minimum absolute atomic E-state index is 0.0576.